The highest BCUT2D eigenvalue weighted by molar-refractivity contribution is 9.10. The molecule has 1 aliphatic rings. The number of benzene rings is 1. The summed E-state index contributed by atoms with van der Waals surface area (Å²) in [6.45, 7) is 3.94. The van der Waals surface area contributed by atoms with Crippen molar-refractivity contribution in [2.45, 2.75) is 20.3 Å². The number of aryl methyl sites for hydroxylation is 2. The van der Waals surface area contributed by atoms with Crippen molar-refractivity contribution < 1.29 is 17.6 Å². The Bertz CT molecular complexity index is 921. The van der Waals surface area contributed by atoms with Crippen LogP contribution < -0.4 is 9.62 Å². The number of halogens is 1. The second-order valence-corrected chi connectivity index (χ2v) is 8.73. The highest BCUT2D eigenvalue weighted by Crippen LogP contribution is 2.30. The van der Waals surface area contributed by atoms with Gasteiger partial charge in [0.25, 0.3) is 5.91 Å². The molecule has 2 heterocycles. The van der Waals surface area contributed by atoms with Crippen LogP contribution in [0, 0.1) is 13.8 Å². The SMILES string of the molecule is Cc1oc(C)c(C(=O)NCCS(=O)(=O)N2CCc3ccccc32)c1Br. The van der Waals surface area contributed by atoms with Gasteiger partial charge >= 0.3 is 0 Å². The summed E-state index contributed by atoms with van der Waals surface area (Å²) in [4.78, 5) is 12.3. The number of nitrogens with zero attached hydrogens (tertiary/aromatic N) is 1. The van der Waals surface area contributed by atoms with Crippen molar-refractivity contribution in [1.82, 2.24) is 5.32 Å². The van der Waals surface area contributed by atoms with Gasteiger partial charge in [-0.2, -0.15) is 0 Å². The molecule has 1 aromatic heterocycles. The van der Waals surface area contributed by atoms with Crippen LogP contribution >= 0.6 is 15.9 Å². The number of nitrogens with one attached hydrogen (secondary N) is 1. The Balaban J connectivity index is 1.65. The van der Waals surface area contributed by atoms with Crippen molar-refractivity contribution in [1.29, 1.82) is 0 Å². The summed E-state index contributed by atoms with van der Waals surface area (Å²) in [5, 5.41) is 2.66. The average molecular weight is 427 g/mol. The zero-order chi connectivity index (χ0) is 18.2. The number of hydrogen-bond donors (Lipinski definition) is 1. The number of furan rings is 1. The van der Waals surface area contributed by atoms with Crippen molar-refractivity contribution in [3.8, 4) is 0 Å². The van der Waals surface area contributed by atoms with E-state index in [4.69, 9.17) is 4.42 Å². The number of carbonyl (C=O) groups excluding carboxylic acids is 1. The fourth-order valence-electron chi connectivity index (χ4n) is 3.00. The summed E-state index contributed by atoms with van der Waals surface area (Å²) in [6, 6.07) is 7.49. The number of amides is 1. The summed E-state index contributed by atoms with van der Waals surface area (Å²) in [6.07, 6.45) is 0.711. The maximum atomic E-state index is 12.6. The van der Waals surface area contributed by atoms with Crippen LogP contribution in [0.3, 0.4) is 0 Å². The maximum Gasteiger partial charge on any atom is 0.256 e. The van der Waals surface area contributed by atoms with Gasteiger partial charge in [0.15, 0.2) is 0 Å². The third kappa shape index (κ3) is 3.46. The zero-order valence-corrected chi connectivity index (χ0v) is 16.4. The molecular formula is C17H19BrN2O4S. The first-order valence-electron chi connectivity index (χ1n) is 7.93. The molecule has 134 valence electrons. The Kier molecular flexibility index (Phi) is 4.92. The van der Waals surface area contributed by atoms with Crippen LogP contribution in [-0.4, -0.2) is 33.2 Å². The van der Waals surface area contributed by atoms with Crippen molar-refractivity contribution >= 4 is 37.5 Å². The van der Waals surface area contributed by atoms with Gasteiger partial charge in [0.1, 0.15) is 11.5 Å². The molecule has 1 aromatic carbocycles. The van der Waals surface area contributed by atoms with Crippen molar-refractivity contribution in [2.75, 3.05) is 23.1 Å². The van der Waals surface area contributed by atoms with Crippen LogP contribution in [0.5, 0.6) is 0 Å². The summed E-state index contributed by atoms with van der Waals surface area (Å²) in [7, 11) is -3.48. The van der Waals surface area contributed by atoms with Crippen molar-refractivity contribution in [3.63, 3.8) is 0 Å². The number of rotatable bonds is 5. The van der Waals surface area contributed by atoms with E-state index < -0.39 is 10.0 Å². The Morgan fingerprint density at radius 1 is 1.28 bits per heavy atom. The van der Waals surface area contributed by atoms with Crippen LogP contribution in [0.2, 0.25) is 0 Å². The van der Waals surface area contributed by atoms with E-state index in [0.717, 1.165) is 11.3 Å². The molecule has 0 unspecified atom stereocenters. The predicted molar refractivity (Wildman–Crippen MR) is 99.5 cm³/mol. The van der Waals surface area contributed by atoms with E-state index in [0.29, 0.717) is 34.5 Å². The van der Waals surface area contributed by atoms with Gasteiger partial charge in [-0.05, 0) is 47.8 Å². The van der Waals surface area contributed by atoms with Gasteiger partial charge in [0, 0.05) is 13.1 Å². The van der Waals surface area contributed by atoms with E-state index >= 15 is 0 Å². The standard InChI is InChI=1S/C17H19BrN2O4S/c1-11-15(16(18)12(2)24-11)17(21)19-8-10-25(22,23)20-9-7-13-5-3-4-6-14(13)20/h3-6H,7-10H2,1-2H3,(H,19,21). The molecule has 0 spiro atoms. The molecule has 0 radical (unpaired) electrons. The fourth-order valence-corrected chi connectivity index (χ4v) is 4.97. The summed E-state index contributed by atoms with van der Waals surface area (Å²) in [5.74, 6) is 0.612. The average Bonchev–Trinajstić information content (AvgIpc) is 3.09. The molecule has 6 nitrogen and oxygen atoms in total. The molecule has 25 heavy (non-hydrogen) atoms. The van der Waals surface area contributed by atoms with Crippen LogP contribution in [0.4, 0.5) is 5.69 Å². The third-order valence-corrected chi connectivity index (χ3v) is 6.97. The predicted octanol–water partition coefficient (Wildman–Crippen LogP) is 2.78. The molecule has 0 aliphatic carbocycles. The van der Waals surface area contributed by atoms with Crippen LogP contribution in [0.25, 0.3) is 0 Å². The molecule has 3 rings (SSSR count). The molecule has 0 fully saturated rings. The lowest BCUT2D eigenvalue weighted by Gasteiger charge is -2.19. The number of anilines is 1. The second kappa shape index (κ2) is 6.84. The quantitative estimate of drug-likeness (QED) is 0.796. The smallest absolute Gasteiger partial charge is 0.256 e. The van der Waals surface area contributed by atoms with Gasteiger partial charge in [-0.15, -0.1) is 0 Å². The Morgan fingerprint density at radius 2 is 2.00 bits per heavy atom. The minimum atomic E-state index is -3.48. The lowest BCUT2D eigenvalue weighted by atomic mass is 10.2. The molecule has 0 atom stereocenters. The second-order valence-electron chi connectivity index (χ2n) is 5.93. The fraction of sp³-hybridized carbons (Fsp3) is 0.353. The molecule has 1 aliphatic heterocycles. The molecule has 1 N–H and O–H groups in total. The highest BCUT2D eigenvalue weighted by Gasteiger charge is 2.29. The highest BCUT2D eigenvalue weighted by atomic mass is 79.9. The van der Waals surface area contributed by atoms with Crippen LogP contribution in [-0.2, 0) is 16.4 Å². The molecular weight excluding hydrogens is 408 g/mol. The lowest BCUT2D eigenvalue weighted by molar-refractivity contribution is 0.0954. The Hall–Kier alpha value is -1.80. The van der Waals surface area contributed by atoms with Gasteiger partial charge < -0.3 is 9.73 Å². The Morgan fingerprint density at radius 3 is 2.68 bits per heavy atom. The zero-order valence-electron chi connectivity index (χ0n) is 14.0. The van der Waals surface area contributed by atoms with Gasteiger partial charge in [-0.3, -0.25) is 9.10 Å². The first-order chi connectivity index (χ1) is 11.8. The van der Waals surface area contributed by atoms with E-state index in [2.05, 4.69) is 21.2 Å². The van der Waals surface area contributed by atoms with Gasteiger partial charge in [0.2, 0.25) is 10.0 Å². The van der Waals surface area contributed by atoms with E-state index in [1.54, 1.807) is 13.8 Å². The number of hydrogen-bond acceptors (Lipinski definition) is 4. The Labute approximate surface area is 155 Å². The monoisotopic (exact) mass is 426 g/mol. The van der Waals surface area contributed by atoms with Crippen LogP contribution in [0.15, 0.2) is 33.2 Å². The minimum Gasteiger partial charge on any atom is -0.465 e. The molecule has 0 saturated carbocycles. The first kappa shape index (κ1) is 18.0. The maximum absolute atomic E-state index is 12.6. The molecule has 2 aromatic rings. The van der Waals surface area contributed by atoms with E-state index in [1.165, 1.54) is 4.31 Å². The largest absolute Gasteiger partial charge is 0.465 e. The van der Waals surface area contributed by atoms with E-state index in [9.17, 15) is 13.2 Å². The van der Waals surface area contributed by atoms with Gasteiger partial charge in [-0.25, -0.2) is 8.42 Å². The first-order valence-corrected chi connectivity index (χ1v) is 10.3. The summed E-state index contributed by atoms with van der Waals surface area (Å²) < 4.78 is 32.6. The molecule has 1 amide bonds. The minimum absolute atomic E-state index is 0.0376. The van der Waals surface area contributed by atoms with Crippen molar-refractivity contribution in [2.24, 2.45) is 0 Å². The molecule has 0 saturated heterocycles. The number of carbonyl (C=O) groups is 1. The lowest BCUT2D eigenvalue weighted by Crippen LogP contribution is -2.37. The van der Waals surface area contributed by atoms with E-state index in [-0.39, 0.29) is 18.2 Å². The molecule has 8 heteroatoms. The topological polar surface area (TPSA) is 79.6 Å². The van der Waals surface area contributed by atoms with Crippen LogP contribution in [0.1, 0.15) is 27.4 Å². The normalized spacial score (nSPS) is 13.8. The van der Waals surface area contributed by atoms with Gasteiger partial charge in [-0.1, -0.05) is 18.2 Å². The summed E-state index contributed by atoms with van der Waals surface area (Å²) in [5.41, 5.74) is 2.17. The van der Waals surface area contributed by atoms with E-state index in [1.807, 2.05) is 24.3 Å². The van der Waals surface area contributed by atoms with Crippen molar-refractivity contribution in [3.05, 3.63) is 51.4 Å². The number of sulfonamides is 1. The van der Waals surface area contributed by atoms with Gasteiger partial charge in [0.05, 0.1) is 21.5 Å². The third-order valence-electron chi connectivity index (χ3n) is 4.24. The number of fused-ring (bicyclic) bond motifs is 1. The number of para-hydroxylation sites is 1. The summed E-state index contributed by atoms with van der Waals surface area (Å²) >= 11 is 3.32. The molecule has 0 bridgehead atoms.